The standard InChI is InChI=1S/C24H23ClN4O5/c1-4-33-23(31)20-12-27-24(32)28-21(20)13-34-22(30)17(11-26)9-16-8-14(2)29(15(16)3)19-7-5-6-18(25)10-19/h5-10H,4,12-13H2,1-3H3,(H2,27,28,32)/b17-9+. The first-order valence-corrected chi connectivity index (χ1v) is 10.8. The minimum Gasteiger partial charge on any atom is -0.463 e. The molecule has 2 amide bonds. The van der Waals surface area contributed by atoms with E-state index in [4.69, 9.17) is 21.1 Å². The molecule has 2 aromatic rings. The van der Waals surface area contributed by atoms with Crippen molar-refractivity contribution in [2.24, 2.45) is 0 Å². The summed E-state index contributed by atoms with van der Waals surface area (Å²) in [4.78, 5) is 36.4. The number of nitrogens with zero attached hydrogens (tertiary/aromatic N) is 2. The molecule has 0 radical (unpaired) electrons. The number of rotatable bonds is 7. The van der Waals surface area contributed by atoms with Gasteiger partial charge in [0.1, 0.15) is 18.2 Å². The molecule has 0 aliphatic carbocycles. The number of benzene rings is 1. The fraction of sp³-hybridized carbons (Fsp3) is 0.250. The van der Waals surface area contributed by atoms with Crippen molar-refractivity contribution in [3.63, 3.8) is 0 Å². The van der Waals surface area contributed by atoms with Gasteiger partial charge in [-0.25, -0.2) is 14.4 Å². The number of esters is 2. The van der Waals surface area contributed by atoms with Crippen molar-refractivity contribution in [3.05, 3.63) is 69.1 Å². The van der Waals surface area contributed by atoms with Gasteiger partial charge in [0.2, 0.25) is 0 Å². The van der Waals surface area contributed by atoms with Gasteiger partial charge in [0.05, 0.1) is 24.4 Å². The maximum Gasteiger partial charge on any atom is 0.349 e. The van der Waals surface area contributed by atoms with Gasteiger partial charge in [-0.2, -0.15) is 5.26 Å². The molecule has 9 nitrogen and oxygen atoms in total. The minimum atomic E-state index is -0.890. The highest BCUT2D eigenvalue weighted by Crippen LogP contribution is 2.24. The van der Waals surface area contributed by atoms with E-state index in [0.29, 0.717) is 10.6 Å². The molecule has 1 aliphatic heterocycles. The predicted octanol–water partition coefficient (Wildman–Crippen LogP) is 3.33. The number of amides is 2. The van der Waals surface area contributed by atoms with Crippen LogP contribution in [0.15, 0.2) is 47.2 Å². The molecular formula is C24H23ClN4O5. The molecule has 34 heavy (non-hydrogen) atoms. The van der Waals surface area contributed by atoms with Crippen LogP contribution in [0.5, 0.6) is 0 Å². The smallest absolute Gasteiger partial charge is 0.349 e. The van der Waals surface area contributed by atoms with Crippen LogP contribution in [-0.4, -0.2) is 42.3 Å². The van der Waals surface area contributed by atoms with Crippen LogP contribution in [0.3, 0.4) is 0 Å². The number of hydrogen-bond acceptors (Lipinski definition) is 6. The number of urea groups is 1. The van der Waals surface area contributed by atoms with Crippen molar-refractivity contribution in [3.8, 4) is 11.8 Å². The van der Waals surface area contributed by atoms with Gasteiger partial charge >= 0.3 is 18.0 Å². The molecule has 3 rings (SSSR count). The summed E-state index contributed by atoms with van der Waals surface area (Å²) in [5, 5.41) is 15.1. The number of halogens is 1. The monoisotopic (exact) mass is 482 g/mol. The maximum absolute atomic E-state index is 12.6. The first-order valence-electron chi connectivity index (χ1n) is 10.4. The lowest BCUT2D eigenvalue weighted by Gasteiger charge is -2.21. The average Bonchev–Trinajstić information content (AvgIpc) is 3.08. The summed E-state index contributed by atoms with van der Waals surface area (Å²) >= 11 is 6.12. The van der Waals surface area contributed by atoms with E-state index in [2.05, 4.69) is 10.6 Å². The summed E-state index contributed by atoms with van der Waals surface area (Å²) < 4.78 is 12.2. The third-order valence-corrected chi connectivity index (χ3v) is 5.34. The zero-order valence-corrected chi connectivity index (χ0v) is 19.7. The average molecular weight is 483 g/mol. The lowest BCUT2D eigenvalue weighted by molar-refractivity contribution is -0.140. The van der Waals surface area contributed by atoms with E-state index in [1.54, 1.807) is 13.0 Å². The van der Waals surface area contributed by atoms with Crippen LogP contribution in [0.4, 0.5) is 4.79 Å². The van der Waals surface area contributed by atoms with Gasteiger partial charge in [-0.3, -0.25) is 0 Å². The lowest BCUT2D eigenvalue weighted by atomic mass is 10.1. The Kier molecular flexibility index (Phi) is 7.76. The number of carbonyl (C=O) groups is 3. The summed E-state index contributed by atoms with van der Waals surface area (Å²) in [5.74, 6) is -1.52. The summed E-state index contributed by atoms with van der Waals surface area (Å²) in [6.45, 7) is 5.10. The third-order valence-electron chi connectivity index (χ3n) is 5.10. The fourth-order valence-electron chi connectivity index (χ4n) is 3.52. The van der Waals surface area contributed by atoms with Crippen LogP contribution in [0.1, 0.15) is 23.9 Å². The molecule has 1 aliphatic rings. The molecule has 0 saturated carbocycles. The van der Waals surface area contributed by atoms with E-state index >= 15 is 0 Å². The van der Waals surface area contributed by atoms with E-state index in [1.165, 1.54) is 6.08 Å². The van der Waals surface area contributed by atoms with Crippen molar-refractivity contribution in [2.45, 2.75) is 20.8 Å². The molecule has 0 fully saturated rings. The minimum absolute atomic E-state index is 0.0615. The van der Waals surface area contributed by atoms with Crippen molar-refractivity contribution in [1.82, 2.24) is 15.2 Å². The highest BCUT2D eigenvalue weighted by atomic mass is 35.5. The predicted molar refractivity (Wildman–Crippen MR) is 125 cm³/mol. The zero-order valence-electron chi connectivity index (χ0n) is 18.9. The van der Waals surface area contributed by atoms with Crippen molar-refractivity contribution in [1.29, 1.82) is 5.26 Å². The van der Waals surface area contributed by atoms with Gasteiger partial charge in [-0.1, -0.05) is 17.7 Å². The van der Waals surface area contributed by atoms with Gasteiger partial charge in [0.25, 0.3) is 0 Å². The molecule has 0 saturated heterocycles. The van der Waals surface area contributed by atoms with Crippen LogP contribution in [-0.2, 0) is 19.1 Å². The van der Waals surface area contributed by atoms with Gasteiger partial charge in [-0.15, -0.1) is 0 Å². The Bertz CT molecular complexity index is 1250. The molecule has 2 heterocycles. The van der Waals surface area contributed by atoms with E-state index < -0.39 is 24.6 Å². The van der Waals surface area contributed by atoms with Gasteiger partial charge in [0, 0.05) is 22.1 Å². The number of aryl methyl sites for hydroxylation is 1. The summed E-state index contributed by atoms with van der Waals surface area (Å²) in [5.41, 5.74) is 3.21. The van der Waals surface area contributed by atoms with E-state index in [9.17, 15) is 19.6 Å². The highest BCUT2D eigenvalue weighted by Gasteiger charge is 2.25. The number of nitrogens with one attached hydrogen (secondary N) is 2. The molecule has 176 valence electrons. The quantitative estimate of drug-likeness (QED) is 0.354. The number of nitriles is 1. The second-order valence-electron chi connectivity index (χ2n) is 7.37. The normalized spacial score (nSPS) is 13.6. The molecule has 1 aromatic carbocycles. The molecule has 0 atom stereocenters. The van der Waals surface area contributed by atoms with Gasteiger partial charge < -0.3 is 24.7 Å². The SMILES string of the molecule is CCOC(=O)C1=C(COC(=O)/C(C#N)=C/c2cc(C)n(-c3cccc(Cl)c3)c2C)NC(=O)NC1. The number of aromatic nitrogens is 1. The van der Waals surface area contributed by atoms with E-state index in [1.807, 2.05) is 48.7 Å². The molecular weight excluding hydrogens is 460 g/mol. The van der Waals surface area contributed by atoms with Crippen molar-refractivity contribution in [2.75, 3.05) is 19.8 Å². The molecule has 10 heteroatoms. The topological polar surface area (TPSA) is 122 Å². The maximum atomic E-state index is 12.6. The van der Waals surface area contributed by atoms with E-state index in [0.717, 1.165) is 17.1 Å². The van der Waals surface area contributed by atoms with Crippen LogP contribution in [0, 0.1) is 25.2 Å². The Hall–Kier alpha value is -4.03. The summed E-state index contributed by atoms with van der Waals surface area (Å²) in [7, 11) is 0. The molecule has 1 aromatic heterocycles. The Labute approximate surface area is 201 Å². The van der Waals surface area contributed by atoms with Gasteiger partial charge in [0.15, 0.2) is 0 Å². The molecule has 0 bridgehead atoms. The second-order valence-corrected chi connectivity index (χ2v) is 7.81. The van der Waals surface area contributed by atoms with Crippen LogP contribution in [0.25, 0.3) is 11.8 Å². The van der Waals surface area contributed by atoms with Gasteiger partial charge in [-0.05, 0) is 56.7 Å². The lowest BCUT2D eigenvalue weighted by Crippen LogP contribution is -2.45. The number of ether oxygens (including phenoxy) is 2. The third kappa shape index (κ3) is 5.47. The number of carbonyl (C=O) groups excluding carboxylic acids is 3. The van der Waals surface area contributed by atoms with Crippen LogP contribution >= 0.6 is 11.6 Å². The van der Waals surface area contributed by atoms with Crippen molar-refractivity contribution < 1.29 is 23.9 Å². The summed E-state index contributed by atoms with van der Waals surface area (Å²) in [6.07, 6.45) is 1.44. The second kappa shape index (κ2) is 10.7. The van der Waals surface area contributed by atoms with E-state index in [-0.39, 0.29) is 30.0 Å². The zero-order chi connectivity index (χ0) is 24.8. The summed E-state index contributed by atoms with van der Waals surface area (Å²) in [6, 6.07) is 10.5. The Morgan fingerprint density at radius 3 is 2.71 bits per heavy atom. The fourth-order valence-corrected chi connectivity index (χ4v) is 3.71. The largest absolute Gasteiger partial charge is 0.463 e. The Morgan fingerprint density at radius 1 is 1.26 bits per heavy atom. The first-order chi connectivity index (χ1) is 16.2. The first kappa shape index (κ1) is 24.6. The molecule has 0 spiro atoms. The highest BCUT2D eigenvalue weighted by molar-refractivity contribution is 6.30. The van der Waals surface area contributed by atoms with Crippen molar-refractivity contribution >= 4 is 35.6 Å². The number of hydrogen-bond donors (Lipinski definition) is 2. The van der Waals surface area contributed by atoms with Crippen LogP contribution < -0.4 is 10.6 Å². The Morgan fingerprint density at radius 2 is 2.03 bits per heavy atom. The molecule has 0 unspecified atom stereocenters. The molecule has 2 N–H and O–H groups in total. The van der Waals surface area contributed by atoms with Crippen LogP contribution in [0.2, 0.25) is 5.02 Å². The Balaban J connectivity index is 1.83.